The number of benzene rings is 1. The van der Waals surface area contributed by atoms with E-state index in [1.165, 1.54) is 12.1 Å². The largest absolute Gasteiger partial charge is 0.497 e. The molecule has 1 aromatic carbocycles. The number of rotatable bonds is 7. The molecule has 3 N–H and O–H groups in total. The highest BCUT2D eigenvalue weighted by atomic mass is 16.5. The molecule has 1 saturated heterocycles. The molecule has 0 radical (unpaired) electrons. The van der Waals surface area contributed by atoms with E-state index in [9.17, 15) is 0 Å². The molecule has 0 spiro atoms. The van der Waals surface area contributed by atoms with Crippen LogP contribution in [0.25, 0.3) is 0 Å². The molecule has 2 atom stereocenters. The van der Waals surface area contributed by atoms with Crippen LogP contribution in [0.3, 0.4) is 0 Å². The van der Waals surface area contributed by atoms with Gasteiger partial charge < -0.3 is 19.7 Å². The molecule has 4 nitrogen and oxygen atoms in total. The first-order valence-electron chi connectivity index (χ1n) is 8.07. The first-order chi connectivity index (χ1) is 10.2. The topological polar surface area (TPSA) is 39.5 Å². The van der Waals surface area contributed by atoms with Gasteiger partial charge in [0.1, 0.15) is 31.9 Å². The minimum Gasteiger partial charge on any atom is -0.497 e. The Bertz CT molecular complexity index is 406. The van der Waals surface area contributed by atoms with Gasteiger partial charge in [-0.05, 0) is 24.3 Å². The van der Waals surface area contributed by atoms with Gasteiger partial charge in [-0.25, -0.2) is 0 Å². The molecule has 2 rings (SSSR count). The third-order valence-electron chi connectivity index (χ3n) is 3.99. The fourth-order valence-corrected chi connectivity index (χ4v) is 2.96. The van der Waals surface area contributed by atoms with Gasteiger partial charge in [-0.3, -0.25) is 0 Å². The Hall–Kier alpha value is -1.10. The van der Waals surface area contributed by atoms with Gasteiger partial charge in [0.25, 0.3) is 0 Å². The predicted molar refractivity (Wildman–Crippen MR) is 83.6 cm³/mol. The molecular weight excluding hydrogens is 264 g/mol. The average Bonchev–Trinajstić information content (AvgIpc) is 2.48. The summed E-state index contributed by atoms with van der Waals surface area (Å²) in [5.41, 5.74) is 1.33. The van der Waals surface area contributed by atoms with Crippen molar-refractivity contribution in [3.63, 3.8) is 0 Å². The smallest absolute Gasteiger partial charge is 0.155 e. The summed E-state index contributed by atoms with van der Waals surface area (Å²) in [6.07, 6.45) is 0.394. The van der Waals surface area contributed by atoms with Crippen molar-refractivity contribution in [2.24, 2.45) is 5.92 Å². The Morgan fingerprint density at radius 3 is 2.76 bits per heavy atom. The molecule has 0 amide bonds. The fourth-order valence-electron chi connectivity index (χ4n) is 2.96. The zero-order chi connectivity index (χ0) is 15.1. The van der Waals surface area contributed by atoms with Crippen LogP contribution < -0.4 is 15.0 Å². The normalized spacial score (nSPS) is 22.5. The van der Waals surface area contributed by atoms with Gasteiger partial charge in [-0.1, -0.05) is 13.8 Å². The van der Waals surface area contributed by atoms with Crippen molar-refractivity contribution in [2.45, 2.75) is 26.5 Å². The monoisotopic (exact) mass is 294 g/mol. The summed E-state index contributed by atoms with van der Waals surface area (Å²) in [5.74, 6) is 1.68. The maximum atomic E-state index is 5.89. The summed E-state index contributed by atoms with van der Waals surface area (Å²) in [5, 5.41) is 2.35. The predicted octanol–water partition coefficient (Wildman–Crippen LogP) is -0.302. The molecule has 0 aliphatic carbocycles. The molecule has 118 valence electrons. The number of hydrogen-bond acceptors (Lipinski definition) is 2. The van der Waals surface area contributed by atoms with Crippen molar-refractivity contribution in [1.29, 1.82) is 0 Å². The van der Waals surface area contributed by atoms with Crippen LogP contribution in [0.4, 0.5) is 0 Å². The van der Waals surface area contributed by atoms with Gasteiger partial charge in [0, 0.05) is 11.5 Å². The Morgan fingerprint density at radius 2 is 2.10 bits per heavy atom. The number of nitrogens with two attached hydrogens (primary N) is 1. The molecule has 0 saturated carbocycles. The Balaban J connectivity index is 1.69. The average molecular weight is 294 g/mol. The van der Waals surface area contributed by atoms with Crippen LogP contribution in [-0.4, -0.2) is 46.0 Å². The molecule has 1 aromatic rings. The molecule has 0 bridgehead atoms. The van der Waals surface area contributed by atoms with E-state index in [-0.39, 0.29) is 0 Å². The first kappa shape index (κ1) is 16.3. The highest BCUT2D eigenvalue weighted by Crippen LogP contribution is 2.10. The van der Waals surface area contributed by atoms with Crippen molar-refractivity contribution in [1.82, 2.24) is 0 Å². The van der Waals surface area contributed by atoms with Gasteiger partial charge in [-0.15, -0.1) is 0 Å². The summed E-state index contributed by atoms with van der Waals surface area (Å²) < 4.78 is 11.1. The summed E-state index contributed by atoms with van der Waals surface area (Å²) in [6, 6.07) is 8.31. The Morgan fingerprint density at radius 1 is 1.33 bits per heavy atom. The zero-order valence-electron chi connectivity index (χ0n) is 13.6. The summed E-state index contributed by atoms with van der Waals surface area (Å²) in [7, 11) is 1.70. The molecule has 1 aliphatic heterocycles. The lowest BCUT2D eigenvalue weighted by Gasteiger charge is -2.30. The van der Waals surface area contributed by atoms with Crippen LogP contribution in [0.1, 0.15) is 19.4 Å². The van der Waals surface area contributed by atoms with Crippen LogP contribution in [0.5, 0.6) is 5.75 Å². The maximum absolute atomic E-state index is 5.89. The van der Waals surface area contributed by atoms with Crippen LogP contribution in [0, 0.1) is 5.92 Å². The summed E-state index contributed by atoms with van der Waals surface area (Å²) >= 11 is 0. The van der Waals surface area contributed by atoms with Gasteiger partial charge in [0.15, 0.2) is 6.10 Å². The van der Waals surface area contributed by atoms with Crippen molar-refractivity contribution >= 4 is 0 Å². The quantitative estimate of drug-likeness (QED) is 0.725. The Kier molecular flexibility index (Phi) is 6.49. The third kappa shape index (κ3) is 5.65. The minimum atomic E-state index is 0.394. The third-order valence-corrected chi connectivity index (χ3v) is 3.99. The van der Waals surface area contributed by atoms with E-state index in [0.717, 1.165) is 44.5 Å². The van der Waals surface area contributed by atoms with Crippen molar-refractivity contribution in [2.75, 3.05) is 39.9 Å². The molecule has 1 heterocycles. The molecule has 1 unspecified atom stereocenters. The highest BCUT2D eigenvalue weighted by Gasteiger charge is 2.25. The molecule has 21 heavy (non-hydrogen) atoms. The van der Waals surface area contributed by atoms with Crippen molar-refractivity contribution < 1.29 is 19.7 Å². The van der Waals surface area contributed by atoms with E-state index >= 15 is 0 Å². The number of methoxy groups -OCH3 is 1. The first-order valence-corrected chi connectivity index (χ1v) is 8.07. The Labute approximate surface area is 128 Å². The van der Waals surface area contributed by atoms with E-state index in [4.69, 9.17) is 9.47 Å². The molecule has 0 aromatic heterocycles. The van der Waals surface area contributed by atoms with E-state index < -0.39 is 0 Å². The SMILES string of the molecule is COc1ccc(C[NH2+]C[C@H]2C[NH+](CC(C)C)CCO2)cc1. The molecular formula is C17H30N2O2+2. The highest BCUT2D eigenvalue weighted by molar-refractivity contribution is 5.26. The van der Waals surface area contributed by atoms with Crippen LogP contribution in [-0.2, 0) is 11.3 Å². The standard InChI is InChI=1S/C17H28N2O2/c1-14(2)12-19-8-9-21-17(13-19)11-18-10-15-4-6-16(20-3)7-5-15/h4-7,14,17-18H,8-13H2,1-3H3/p+2/t17-/m0/s1. The minimum absolute atomic E-state index is 0.394. The van der Waals surface area contributed by atoms with Crippen molar-refractivity contribution in [3.8, 4) is 5.75 Å². The van der Waals surface area contributed by atoms with Gasteiger partial charge in [0.2, 0.25) is 0 Å². The van der Waals surface area contributed by atoms with E-state index in [1.54, 1.807) is 12.0 Å². The van der Waals surface area contributed by atoms with Crippen LogP contribution >= 0.6 is 0 Å². The molecule has 1 fully saturated rings. The lowest BCUT2D eigenvalue weighted by atomic mass is 10.1. The second-order valence-electron chi connectivity index (χ2n) is 6.37. The summed E-state index contributed by atoms with van der Waals surface area (Å²) in [4.78, 5) is 1.69. The second kappa shape index (κ2) is 8.37. The molecule has 4 heteroatoms. The van der Waals surface area contributed by atoms with Gasteiger partial charge in [0.05, 0.1) is 20.3 Å². The number of quaternary nitrogens is 2. The number of hydrogen-bond donors (Lipinski definition) is 2. The number of morpholine rings is 1. The van der Waals surface area contributed by atoms with E-state index in [1.807, 2.05) is 12.1 Å². The lowest BCUT2D eigenvalue weighted by molar-refractivity contribution is -0.917. The maximum Gasteiger partial charge on any atom is 0.155 e. The fraction of sp³-hybridized carbons (Fsp3) is 0.647. The lowest BCUT2D eigenvalue weighted by Crippen LogP contribution is -3.16. The van der Waals surface area contributed by atoms with Crippen LogP contribution in [0.15, 0.2) is 24.3 Å². The van der Waals surface area contributed by atoms with Gasteiger partial charge >= 0.3 is 0 Å². The summed E-state index contributed by atoms with van der Waals surface area (Å²) in [6.45, 7) is 11.1. The van der Waals surface area contributed by atoms with Crippen LogP contribution in [0.2, 0.25) is 0 Å². The zero-order valence-corrected chi connectivity index (χ0v) is 13.6. The number of ether oxygens (including phenoxy) is 2. The van der Waals surface area contributed by atoms with E-state index in [2.05, 4.69) is 31.3 Å². The number of nitrogens with one attached hydrogen (secondary N) is 1. The second-order valence-corrected chi connectivity index (χ2v) is 6.37. The van der Waals surface area contributed by atoms with Gasteiger partial charge in [-0.2, -0.15) is 0 Å². The molecule has 1 aliphatic rings. The van der Waals surface area contributed by atoms with Crippen molar-refractivity contribution in [3.05, 3.63) is 29.8 Å². The van der Waals surface area contributed by atoms with E-state index in [0.29, 0.717) is 6.10 Å².